The third-order valence-electron chi connectivity index (χ3n) is 3.14. The van der Waals surface area contributed by atoms with Gasteiger partial charge in [-0.15, -0.1) is 0 Å². The zero-order valence-corrected chi connectivity index (χ0v) is 12.3. The predicted octanol–water partition coefficient (Wildman–Crippen LogP) is 1.90. The molecule has 0 spiro atoms. The van der Waals surface area contributed by atoms with Gasteiger partial charge in [-0.2, -0.15) is 0 Å². The molecule has 0 aliphatic heterocycles. The van der Waals surface area contributed by atoms with Gasteiger partial charge in [0.2, 0.25) is 0 Å². The van der Waals surface area contributed by atoms with Crippen LogP contribution in [0, 0.1) is 15.9 Å². The molecule has 1 aliphatic carbocycles. The second-order valence-corrected chi connectivity index (χ2v) is 7.18. The maximum atomic E-state index is 14.2. The van der Waals surface area contributed by atoms with Crippen molar-refractivity contribution in [2.24, 2.45) is 0 Å². The van der Waals surface area contributed by atoms with E-state index in [2.05, 4.69) is 0 Å². The first-order valence-corrected chi connectivity index (χ1v) is 8.13. The van der Waals surface area contributed by atoms with Gasteiger partial charge in [0.1, 0.15) is 4.90 Å². The van der Waals surface area contributed by atoms with Crippen molar-refractivity contribution in [3.05, 3.63) is 33.6 Å². The van der Waals surface area contributed by atoms with Crippen LogP contribution in [0.25, 0.3) is 0 Å². The summed E-state index contributed by atoms with van der Waals surface area (Å²) >= 11 is 0. The van der Waals surface area contributed by atoms with Gasteiger partial charge < -0.3 is 4.90 Å². The van der Waals surface area contributed by atoms with E-state index >= 15 is 0 Å². The van der Waals surface area contributed by atoms with Crippen LogP contribution in [-0.4, -0.2) is 37.2 Å². The Balaban J connectivity index is 2.61. The van der Waals surface area contributed by atoms with E-state index in [4.69, 9.17) is 10.7 Å². The van der Waals surface area contributed by atoms with Crippen LogP contribution in [0.5, 0.6) is 0 Å². The van der Waals surface area contributed by atoms with Crippen LogP contribution in [0.2, 0.25) is 0 Å². The Hall–Kier alpha value is -1.74. The number of carbonyl (C=O) groups excluding carboxylic acids is 1. The number of nitro benzene ring substituents is 1. The first-order valence-electron chi connectivity index (χ1n) is 5.82. The summed E-state index contributed by atoms with van der Waals surface area (Å²) in [4.78, 5) is 22.2. The summed E-state index contributed by atoms with van der Waals surface area (Å²) in [5.74, 6) is -2.20. The van der Waals surface area contributed by atoms with E-state index in [-0.39, 0.29) is 6.04 Å². The molecule has 21 heavy (non-hydrogen) atoms. The van der Waals surface area contributed by atoms with E-state index in [0.717, 1.165) is 12.8 Å². The zero-order valence-electron chi connectivity index (χ0n) is 10.7. The summed E-state index contributed by atoms with van der Waals surface area (Å²) in [7, 11) is 1.93. The Morgan fingerprint density at radius 1 is 1.48 bits per heavy atom. The highest BCUT2D eigenvalue weighted by Gasteiger charge is 2.34. The summed E-state index contributed by atoms with van der Waals surface area (Å²) in [5, 5.41) is 10.8. The Bertz CT molecular complexity index is 732. The molecule has 0 atom stereocenters. The van der Waals surface area contributed by atoms with E-state index in [1.54, 1.807) is 0 Å². The summed E-state index contributed by atoms with van der Waals surface area (Å²) in [6, 6.07) is 1.14. The highest BCUT2D eigenvalue weighted by molar-refractivity contribution is 8.13. The van der Waals surface area contributed by atoms with Crippen LogP contribution < -0.4 is 0 Å². The summed E-state index contributed by atoms with van der Waals surface area (Å²) in [6.45, 7) is 0. The van der Waals surface area contributed by atoms with E-state index in [9.17, 15) is 27.7 Å². The van der Waals surface area contributed by atoms with Crippen molar-refractivity contribution in [1.29, 1.82) is 0 Å². The third-order valence-corrected chi connectivity index (χ3v) is 4.46. The Kier molecular flexibility index (Phi) is 3.89. The monoisotopic (exact) mass is 336 g/mol. The van der Waals surface area contributed by atoms with Gasteiger partial charge >= 0.3 is 0 Å². The van der Waals surface area contributed by atoms with Crippen LogP contribution in [-0.2, 0) is 9.05 Å². The predicted molar refractivity (Wildman–Crippen MR) is 71.2 cm³/mol. The van der Waals surface area contributed by atoms with Gasteiger partial charge in [0.25, 0.3) is 20.6 Å². The molecule has 10 heteroatoms. The lowest BCUT2D eigenvalue weighted by molar-refractivity contribution is -0.385. The van der Waals surface area contributed by atoms with Crippen molar-refractivity contribution in [3.8, 4) is 0 Å². The van der Waals surface area contributed by atoms with Crippen LogP contribution in [0.15, 0.2) is 17.0 Å². The van der Waals surface area contributed by atoms with Gasteiger partial charge in [0.05, 0.1) is 10.5 Å². The van der Waals surface area contributed by atoms with Crippen molar-refractivity contribution in [2.75, 3.05) is 7.05 Å². The van der Waals surface area contributed by atoms with Gasteiger partial charge in [0, 0.05) is 35.9 Å². The lowest BCUT2D eigenvalue weighted by atomic mass is 10.1. The van der Waals surface area contributed by atoms with Crippen LogP contribution in [0.1, 0.15) is 23.2 Å². The quantitative estimate of drug-likeness (QED) is 0.475. The molecule has 114 valence electrons. The number of nitrogens with zero attached hydrogens (tertiary/aromatic N) is 2. The largest absolute Gasteiger partial charge is 0.339 e. The normalized spacial score (nSPS) is 14.8. The van der Waals surface area contributed by atoms with E-state index in [1.807, 2.05) is 0 Å². The Morgan fingerprint density at radius 3 is 2.48 bits per heavy atom. The van der Waals surface area contributed by atoms with Gasteiger partial charge in [-0.1, -0.05) is 0 Å². The van der Waals surface area contributed by atoms with Crippen molar-refractivity contribution >= 4 is 31.3 Å². The highest BCUT2D eigenvalue weighted by atomic mass is 35.7. The molecule has 0 N–H and O–H groups in total. The highest BCUT2D eigenvalue weighted by Crippen LogP contribution is 2.31. The number of rotatable bonds is 4. The first kappa shape index (κ1) is 15.6. The van der Waals surface area contributed by atoms with Crippen LogP contribution >= 0.6 is 10.7 Å². The van der Waals surface area contributed by atoms with Gasteiger partial charge in [0.15, 0.2) is 5.82 Å². The van der Waals surface area contributed by atoms with Gasteiger partial charge in [-0.05, 0) is 12.8 Å². The summed E-state index contributed by atoms with van der Waals surface area (Å²) in [6.07, 6.45) is 1.50. The van der Waals surface area contributed by atoms with Gasteiger partial charge in [-0.3, -0.25) is 14.9 Å². The molecule has 2 rings (SSSR count). The SMILES string of the molecule is CN(C(=O)c1cc([N+](=O)[O-])cc(S(=O)(=O)Cl)c1F)C1CC1. The molecular formula is C11H10ClFN2O5S. The average Bonchev–Trinajstić information content (AvgIpc) is 3.19. The molecule has 1 saturated carbocycles. The van der Waals surface area contributed by atoms with E-state index < -0.39 is 41.8 Å². The summed E-state index contributed by atoms with van der Waals surface area (Å²) in [5.41, 5.74) is -1.40. The number of halogens is 2. The maximum absolute atomic E-state index is 14.2. The number of carbonyl (C=O) groups is 1. The molecule has 0 aromatic heterocycles. The topological polar surface area (TPSA) is 97.6 Å². The Morgan fingerprint density at radius 2 is 2.05 bits per heavy atom. The molecule has 1 aliphatic rings. The first-order chi connectivity index (χ1) is 9.62. The Labute approximate surface area is 123 Å². The van der Waals surface area contributed by atoms with Crippen molar-refractivity contribution < 1.29 is 22.5 Å². The zero-order chi connectivity index (χ0) is 15.9. The molecule has 0 saturated heterocycles. The molecule has 7 nitrogen and oxygen atoms in total. The van der Waals surface area contributed by atoms with E-state index in [1.165, 1.54) is 11.9 Å². The minimum atomic E-state index is -4.55. The minimum Gasteiger partial charge on any atom is -0.339 e. The lowest BCUT2D eigenvalue weighted by Gasteiger charge is -2.17. The molecular weight excluding hydrogens is 327 g/mol. The fourth-order valence-electron chi connectivity index (χ4n) is 1.84. The number of nitro groups is 1. The van der Waals surface area contributed by atoms with Crippen molar-refractivity contribution in [3.63, 3.8) is 0 Å². The molecule has 1 aromatic carbocycles. The molecule has 0 heterocycles. The van der Waals surface area contributed by atoms with Crippen molar-refractivity contribution in [2.45, 2.75) is 23.8 Å². The minimum absolute atomic E-state index is 0.0628. The summed E-state index contributed by atoms with van der Waals surface area (Å²) < 4.78 is 36.8. The number of non-ortho nitro benzene ring substituents is 1. The molecule has 1 amide bonds. The molecule has 0 unspecified atom stereocenters. The molecule has 0 radical (unpaired) electrons. The molecule has 1 fully saturated rings. The van der Waals surface area contributed by atoms with Gasteiger partial charge in [-0.25, -0.2) is 12.8 Å². The fourth-order valence-corrected chi connectivity index (χ4v) is 2.76. The number of hydrogen-bond acceptors (Lipinski definition) is 5. The molecule has 0 bridgehead atoms. The fraction of sp³-hybridized carbons (Fsp3) is 0.364. The number of benzene rings is 1. The van der Waals surface area contributed by atoms with Crippen LogP contribution in [0.3, 0.4) is 0 Å². The smallest absolute Gasteiger partial charge is 0.271 e. The average molecular weight is 337 g/mol. The van der Waals surface area contributed by atoms with Crippen LogP contribution in [0.4, 0.5) is 10.1 Å². The standard InChI is InChI=1S/C11H10ClFN2O5S/c1-14(6-2-3-6)11(16)8-4-7(15(17)18)5-9(10(8)13)21(12,19)20/h4-6H,2-3H2,1H3. The molecule has 1 aromatic rings. The van der Waals surface area contributed by atoms with E-state index in [0.29, 0.717) is 12.1 Å². The maximum Gasteiger partial charge on any atom is 0.271 e. The van der Waals surface area contributed by atoms with Crippen molar-refractivity contribution in [1.82, 2.24) is 4.90 Å². The lowest BCUT2D eigenvalue weighted by Crippen LogP contribution is -2.29. The number of hydrogen-bond donors (Lipinski definition) is 0. The second-order valence-electron chi connectivity index (χ2n) is 4.65. The second kappa shape index (κ2) is 5.23. The third kappa shape index (κ3) is 3.13. The number of amides is 1.